The molecule has 0 saturated carbocycles. The van der Waals surface area contributed by atoms with Crippen LogP contribution < -0.4 is 10.6 Å². The van der Waals surface area contributed by atoms with E-state index in [0.29, 0.717) is 0 Å². The van der Waals surface area contributed by atoms with Gasteiger partial charge in [-0.2, -0.15) is 0 Å². The molecule has 3 heteroatoms. The van der Waals surface area contributed by atoms with E-state index in [1.807, 2.05) is 31.3 Å². The van der Waals surface area contributed by atoms with E-state index in [0.717, 1.165) is 24.1 Å². The molecule has 10 rings (SSSR count). The van der Waals surface area contributed by atoms with Crippen LogP contribution >= 0.6 is 11.3 Å². The van der Waals surface area contributed by atoms with Crippen LogP contribution in [0.5, 0.6) is 0 Å². The first-order valence-corrected chi connectivity index (χ1v) is 20.5. The van der Waals surface area contributed by atoms with Crippen molar-refractivity contribution in [2.75, 3.05) is 0 Å². The lowest BCUT2D eigenvalue weighted by Crippen LogP contribution is -2.26. The Hall–Kier alpha value is -6.42. The molecule has 2 aliphatic carbocycles. The van der Waals surface area contributed by atoms with Crippen LogP contribution in [0.15, 0.2) is 170 Å². The first-order chi connectivity index (χ1) is 27.7. The summed E-state index contributed by atoms with van der Waals surface area (Å²) in [5.74, 6) is 0.0863. The molecule has 2 aliphatic rings. The molecule has 272 valence electrons. The predicted octanol–water partition coefficient (Wildman–Crippen LogP) is 13.1. The fourth-order valence-electron chi connectivity index (χ4n) is 8.49. The molecule has 2 nitrogen and oxygen atoms in total. The number of aromatic nitrogens is 2. The van der Waals surface area contributed by atoms with Gasteiger partial charge in [-0.05, 0) is 89.7 Å². The maximum atomic E-state index is 4.59. The van der Waals surface area contributed by atoms with E-state index in [1.54, 1.807) is 0 Å². The zero-order valence-corrected chi connectivity index (χ0v) is 32.8. The van der Waals surface area contributed by atoms with E-state index in [1.165, 1.54) is 80.6 Å². The molecular weight excluding hydrogens is 697 g/mol. The quantitative estimate of drug-likeness (QED) is 0.154. The van der Waals surface area contributed by atoms with Crippen molar-refractivity contribution >= 4 is 83.3 Å². The van der Waals surface area contributed by atoms with Gasteiger partial charge in [0.05, 0.1) is 11.0 Å². The van der Waals surface area contributed by atoms with Gasteiger partial charge in [-0.25, -0.2) is 0 Å². The summed E-state index contributed by atoms with van der Waals surface area (Å²) in [6, 6.07) is 41.9. The van der Waals surface area contributed by atoms with E-state index < -0.39 is 0 Å². The first kappa shape index (κ1) is 35.3. The highest BCUT2D eigenvalue weighted by molar-refractivity contribution is 7.25. The number of nitrogens with zero attached hydrogens (tertiary/aromatic N) is 2. The lowest BCUT2D eigenvalue weighted by atomic mass is 9.93. The lowest BCUT2D eigenvalue weighted by Gasteiger charge is -2.18. The van der Waals surface area contributed by atoms with E-state index in [2.05, 4.69) is 192 Å². The van der Waals surface area contributed by atoms with Crippen molar-refractivity contribution in [2.24, 2.45) is 0 Å². The van der Waals surface area contributed by atoms with Crippen LogP contribution in [0.25, 0.3) is 77.7 Å². The van der Waals surface area contributed by atoms with Crippen molar-refractivity contribution < 1.29 is 0 Å². The minimum Gasteiger partial charge on any atom is -0.310 e. The number of fused-ring (bicyclic) bond motifs is 7. The highest BCUT2D eigenvalue weighted by Gasteiger charge is 2.19. The zero-order chi connectivity index (χ0) is 38.2. The topological polar surface area (TPSA) is 9.86 Å². The molecule has 5 aromatic carbocycles. The number of rotatable bonds is 7. The molecule has 0 N–H and O–H groups in total. The van der Waals surface area contributed by atoms with Gasteiger partial charge in [0.25, 0.3) is 0 Å². The second-order valence-corrected chi connectivity index (χ2v) is 15.2. The van der Waals surface area contributed by atoms with Crippen molar-refractivity contribution in [3.63, 3.8) is 0 Å². The van der Waals surface area contributed by atoms with Crippen molar-refractivity contribution in [2.45, 2.75) is 32.6 Å². The Morgan fingerprint density at radius 1 is 0.732 bits per heavy atom. The summed E-state index contributed by atoms with van der Waals surface area (Å²) >= 11 is 1.87. The maximum Gasteiger partial charge on any atom is 0.0541 e. The molecule has 0 aliphatic heterocycles. The highest BCUT2D eigenvalue weighted by Crippen LogP contribution is 2.39. The third-order valence-corrected chi connectivity index (χ3v) is 12.1. The number of thiophene rings is 1. The van der Waals surface area contributed by atoms with E-state index in [9.17, 15) is 0 Å². The Bertz CT molecular complexity index is 3080. The SMILES string of the molecule is C=Cc1c(CC=Cc2ccc3c(c2)c2ccccc2n3/C2=C/C(c3ccc4c(c3)sc3ccccc34)C=C/C=C\C2=C)c2c(n1-c1ccccc1)=CCC=2.CC. The minimum absolute atomic E-state index is 0.0863. The maximum absolute atomic E-state index is 4.59. The van der Waals surface area contributed by atoms with Gasteiger partial charge in [0, 0.05) is 64.5 Å². The van der Waals surface area contributed by atoms with Gasteiger partial charge < -0.3 is 9.13 Å². The average Bonchev–Trinajstić information content (AvgIpc) is 4.01. The van der Waals surface area contributed by atoms with Crippen LogP contribution in [0.3, 0.4) is 0 Å². The number of hydrogen-bond donors (Lipinski definition) is 0. The molecule has 0 saturated heterocycles. The Balaban J connectivity index is 0.00000202. The fraction of sp³-hybridized carbons (Fsp3) is 0.0943. The summed E-state index contributed by atoms with van der Waals surface area (Å²) in [4.78, 5) is 0. The van der Waals surface area contributed by atoms with Gasteiger partial charge in [0.1, 0.15) is 0 Å². The normalized spacial score (nSPS) is 16.6. The number of hydrogen-bond acceptors (Lipinski definition) is 1. The van der Waals surface area contributed by atoms with Crippen LogP contribution in [0.1, 0.15) is 48.6 Å². The summed E-state index contributed by atoms with van der Waals surface area (Å²) in [6.45, 7) is 12.8. The number of para-hydroxylation sites is 2. The van der Waals surface area contributed by atoms with Gasteiger partial charge in [0.2, 0.25) is 0 Å². The average molecular weight is 741 g/mol. The summed E-state index contributed by atoms with van der Waals surface area (Å²) in [5, 5.41) is 7.72. The van der Waals surface area contributed by atoms with Crippen molar-refractivity contribution in [3.05, 3.63) is 203 Å². The summed E-state index contributed by atoms with van der Waals surface area (Å²) < 4.78 is 7.41. The standard InChI is InChI=1S/C51H38N2S.C2H6/c1-3-45-39(40-23-14-25-46(40)52(45)38-18-5-4-6-19-38)22-13-16-35-27-30-48-44(31-35)41-20-9-11-24-47(41)53(48)49-32-36(17-8-7-15-34(49)2)37-28-29-43-42-21-10-12-26-50(42)54-51(43)33-37;1-2/h3-13,15-21,23-33,36H,1-2,14,22H2;1-2H3/b15-7-,16-13?,17-8?,49-32+;. The first-order valence-electron chi connectivity index (χ1n) is 19.7. The van der Waals surface area contributed by atoms with Gasteiger partial charge in [0.15, 0.2) is 0 Å². The molecule has 8 aromatic rings. The van der Waals surface area contributed by atoms with Crippen LogP contribution in [-0.4, -0.2) is 9.13 Å². The molecule has 3 heterocycles. The molecule has 1 unspecified atom stereocenters. The number of benzene rings is 5. The van der Waals surface area contributed by atoms with Crippen molar-refractivity contribution in [3.8, 4) is 5.69 Å². The van der Waals surface area contributed by atoms with Crippen LogP contribution in [0.2, 0.25) is 0 Å². The molecular formula is C53H44N2S. The fourth-order valence-corrected chi connectivity index (χ4v) is 9.65. The molecule has 0 amide bonds. The zero-order valence-electron chi connectivity index (χ0n) is 32.0. The third kappa shape index (κ3) is 6.05. The second-order valence-electron chi connectivity index (χ2n) is 14.1. The van der Waals surface area contributed by atoms with Gasteiger partial charge in [-0.15, -0.1) is 11.3 Å². The molecule has 3 aromatic heterocycles. The summed E-state index contributed by atoms with van der Waals surface area (Å²) in [6.07, 6.45) is 24.1. The van der Waals surface area contributed by atoms with Gasteiger partial charge in [-0.1, -0.05) is 148 Å². The summed E-state index contributed by atoms with van der Waals surface area (Å²) in [5.41, 5.74) is 10.6. The highest BCUT2D eigenvalue weighted by atomic mass is 32.1. The summed E-state index contributed by atoms with van der Waals surface area (Å²) in [7, 11) is 0. The monoisotopic (exact) mass is 740 g/mol. The van der Waals surface area contributed by atoms with Crippen LogP contribution in [0.4, 0.5) is 0 Å². The Labute approximate surface area is 332 Å². The Kier molecular flexibility index (Phi) is 9.46. The smallest absolute Gasteiger partial charge is 0.0541 e. The van der Waals surface area contributed by atoms with Crippen LogP contribution in [-0.2, 0) is 6.42 Å². The van der Waals surface area contributed by atoms with Gasteiger partial charge in [-0.3, -0.25) is 0 Å². The van der Waals surface area contributed by atoms with E-state index >= 15 is 0 Å². The molecule has 0 bridgehead atoms. The van der Waals surface area contributed by atoms with Gasteiger partial charge >= 0.3 is 0 Å². The second kappa shape index (κ2) is 15.0. The van der Waals surface area contributed by atoms with E-state index in [-0.39, 0.29) is 5.92 Å². The molecule has 0 radical (unpaired) electrons. The molecule has 0 fully saturated rings. The number of allylic oxidation sites excluding steroid dienone is 8. The van der Waals surface area contributed by atoms with Crippen molar-refractivity contribution in [1.29, 1.82) is 0 Å². The van der Waals surface area contributed by atoms with Crippen molar-refractivity contribution in [1.82, 2.24) is 9.13 Å². The lowest BCUT2D eigenvalue weighted by molar-refractivity contribution is 1.01. The largest absolute Gasteiger partial charge is 0.310 e. The Morgan fingerprint density at radius 2 is 1.50 bits per heavy atom. The molecule has 0 spiro atoms. The molecule has 56 heavy (non-hydrogen) atoms. The minimum atomic E-state index is 0.0863. The Morgan fingerprint density at radius 3 is 2.36 bits per heavy atom. The third-order valence-electron chi connectivity index (χ3n) is 11.0. The molecule has 1 atom stereocenters. The van der Waals surface area contributed by atoms with Crippen LogP contribution in [0, 0.1) is 0 Å². The van der Waals surface area contributed by atoms with E-state index in [4.69, 9.17) is 0 Å². The predicted molar refractivity (Wildman–Crippen MR) is 246 cm³/mol.